The van der Waals surface area contributed by atoms with Gasteiger partial charge in [-0.05, 0) is 49.2 Å². The van der Waals surface area contributed by atoms with E-state index in [9.17, 15) is 4.79 Å². The summed E-state index contributed by atoms with van der Waals surface area (Å²) < 4.78 is 0.962. The molecule has 2 rings (SSSR count). The van der Waals surface area contributed by atoms with Crippen molar-refractivity contribution in [1.29, 1.82) is 0 Å². The highest BCUT2D eigenvalue weighted by atomic mass is 79.9. The van der Waals surface area contributed by atoms with Crippen LogP contribution in [0.4, 0.5) is 5.69 Å². The molecule has 0 spiro atoms. The maximum atomic E-state index is 11.9. The van der Waals surface area contributed by atoms with E-state index in [0.717, 1.165) is 21.3 Å². The maximum absolute atomic E-state index is 11.9. The fraction of sp³-hybridized carbons (Fsp3) is 0.188. The summed E-state index contributed by atoms with van der Waals surface area (Å²) in [6.07, 6.45) is 0. The monoisotopic (exact) mass is 332 g/mol. The van der Waals surface area contributed by atoms with E-state index in [2.05, 4.69) is 21.2 Å². The third-order valence-electron chi connectivity index (χ3n) is 3.33. The minimum atomic E-state index is -0.950. The Morgan fingerprint density at radius 2 is 1.85 bits per heavy atom. The van der Waals surface area contributed by atoms with Crippen LogP contribution in [0.25, 0.3) is 0 Å². The minimum Gasteiger partial charge on any atom is -0.368 e. The molecule has 0 aliphatic rings. The smallest absolute Gasteiger partial charge is 0.247 e. The topological polar surface area (TPSA) is 55.1 Å². The van der Waals surface area contributed by atoms with E-state index in [1.807, 2.05) is 55.5 Å². The predicted molar refractivity (Wildman–Crippen MR) is 85.5 cm³/mol. The molecule has 104 valence electrons. The van der Waals surface area contributed by atoms with Gasteiger partial charge in [0.15, 0.2) is 0 Å². The lowest BCUT2D eigenvalue weighted by molar-refractivity contribution is -0.122. The minimum absolute atomic E-state index is 0.415. The van der Waals surface area contributed by atoms with Gasteiger partial charge in [-0.1, -0.05) is 40.2 Å². The van der Waals surface area contributed by atoms with Crippen LogP contribution in [-0.2, 0) is 10.3 Å². The van der Waals surface area contributed by atoms with Crippen molar-refractivity contribution in [3.63, 3.8) is 0 Å². The molecule has 0 aliphatic carbocycles. The van der Waals surface area contributed by atoms with Gasteiger partial charge in [0.1, 0.15) is 5.54 Å². The van der Waals surface area contributed by atoms with Crippen molar-refractivity contribution in [3.8, 4) is 0 Å². The highest BCUT2D eigenvalue weighted by molar-refractivity contribution is 9.10. The van der Waals surface area contributed by atoms with E-state index in [4.69, 9.17) is 5.73 Å². The average molecular weight is 333 g/mol. The number of primary amides is 1. The van der Waals surface area contributed by atoms with Crippen molar-refractivity contribution < 1.29 is 4.79 Å². The van der Waals surface area contributed by atoms with Gasteiger partial charge in [-0.15, -0.1) is 0 Å². The summed E-state index contributed by atoms with van der Waals surface area (Å²) in [5.41, 5.74) is 7.48. The molecule has 2 aromatic rings. The molecule has 0 radical (unpaired) electrons. The van der Waals surface area contributed by atoms with E-state index in [1.54, 1.807) is 6.92 Å². The zero-order valence-electron chi connectivity index (χ0n) is 11.5. The zero-order chi connectivity index (χ0) is 14.8. The van der Waals surface area contributed by atoms with Gasteiger partial charge in [0, 0.05) is 10.2 Å². The summed E-state index contributed by atoms with van der Waals surface area (Å²) in [6.45, 7) is 3.80. The van der Waals surface area contributed by atoms with Crippen LogP contribution >= 0.6 is 15.9 Å². The molecule has 4 heteroatoms. The Bertz CT molecular complexity index is 625. The van der Waals surface area contributed by atoms with Crippen molar-refractivity contribution in [2.75, 3.05) is 5.32 Å². The molecule has 0 aliphatic heterocycles. The van der Waals surface area contributed by atoms with Gasteiger partial charge in [0.25, 0.3) is 0 Å². The van der Waals surface area contributed by atoms with Crippen LogP contribution in [0.2, 0.25) is 0 Å². The lowest BCUT2D eigenvalue weighted by Gasteiger charge is -2.29. The molecule has 0 saturated heterocycles. The largest absolute Gasteiger partial charge is 0.368 e. The molecule has 1 amide bonds. The third kappa shape index (κ3) is 3.02. The summed E-state index contributed by atoms with van der Waals surface area (Å²) in [4.78, 5) is 11.9. The van der Waals surface area contributed by atoms with Crippen LogP contribution < -0.4 is 11.1 Å². The van der Waals surface area contributed by atoms with Crippen molar-refractivity contribution in [2.24, 2.45) is 5.73 Å². The molecular weight excluding hydrogens is 316 g/mol. The second-order valence-corrected chi connectivity index (χ2v) is 5.91. The number of hydrogen-bond donors (Lipinski definition) is 2. The fourth-order valence-corrected chi connectivity index (χ4v) is 2.34. The molecule has 0 fully saturated rings. The number of halogens is 1. The first kappa shape index (κ1) is 14.6. The van der Waals surface area contributed by atoms with E-state index in [0.29, 0.717) is 0 Å². The Kier molecular flexibility index (Phi) is 4.14. The van der Waals surface area contributed by atoms with Gasteiger partial charge in [0.05, 0.1) is 0 Å². The molecule has 0 bridgehead atoms. The number of amides is 1. The number of anilines is 1. The Morgan fingerprint density at radius 3 is 2.40 bits per heavy atom. The first-order chi connectivity index (χ1) is 9.41. The van der Waals surface area contributed by atoms with E-state index in [-0.39, 0.29) is 0 Å². The SMILES string of the molecule is Cc1cccc(NC(C)(C(N)=O)c2ccc(Br)cc2)c1. The molecule has 0 aromatic heterocycles. The molecule has 0 saturated carbocycles. The summed E-state index contributed by atoms with van der Waals surface area (Å²) in [5, 5.41) is 3.24. The van der Waals surface area contributed by atoms with Crippen LogP contribution in [0.3, 0.4) is 0 Å². The van der Waals surface area contributed by atoms with E-state index in [1.165, 1.54) is 0 Å². The van der Waals surface area contributed by atoms with E-state index < -0.39 is 11.4 Å². The van der Waals surface area contributed by atoms with Gasteiger partial charge < -0.3 is 11.1 Å². The van der Waals surface area contributed by atoms with Crippen molar-refractivity contribution >= 4 is 27.5 Å². The van der Waals surface area contributed by atoms with Crippen molar-refractivity contribution in [2.45, 2.75) is 19.4 Å². The molecule has 3 nitrogen and oxygen atoms in total. The van der Waals surface area contributed by atoms with Gasteiger partial charge in [0.2, 0.25) is 5.91 Å². The standard InChI is InChI=1S/C16H17BrN2O/c1-11-4-3-5-14(10-11)19-16(2,15(18)20)12-6-8-13(17)9-7-12/h3-10,19H,1-2H3,(H2,18,20). The zero-order valence-corrected chi connectivity index (χ0v) is 13.1. The third-order valence-corrected chi connectivity index (χ3v) is 3.86. The van der Waals surface area contributed by atoms with Crippen LogP contribution in [0.5, 0.6) is 0 Å². The summed E-state index contributed by atoms with van der Waals surface area (Å²) in [5.74, 6) is -0.415. The number of nitrogens with two attached hydrogens (primary N) is 1. The van der Waals surface area contributed by atoms with Gasteiger partial charge in [-0.2, -0.15) is 0 Å². The molecule has 20 heavy (non-hydrogen) atoms. The number of rotatable bonds is 4. The molecule has 2 aromatic carbocycles. The molecule has 0 heterocycles. The quantitative estimate of drug-likeness (QED) is 0.899. The highest BCUT2D eigenvalue weighted by Crippen LogP contribution is 2.27. The lowest BCUT2D eigenvalue weighted by atomic mass is 9.91. The van der Waals surface area contributed by atoms with Crippen LogP contribution in [0.1, 0.15) is 18.1 Å². The summed E-state index contributed by atoms with van der Waals surface area (Å²) in [6, 6.07) is 15.4. The number of nitrogens with one attached hydrogen (secondary N) is 1. The number of aryl methyl sites for hydroxylation is 1. The number of benzene rings is 2. The summed E-state index contributed by atoms with van der Waals surface area (Å²) in [7, 11) is 0. The van der Waals surface area contributed by atoms with Crippen molar-refractivity contribution in [1.82, 2.24) is 0 Å². The first-order valence-corrected chi connectivity index (χ1v) is 7.12. The Balaban J connectivity index is 2.39. The van der Waals surface area contributed by atoms with Gasteiger partial charge in [-0.3, -0.25) is 4.79 Å². The molecule has 3 N–H and O–H groups in total. The second-order valence-electron chi connectivity index (χ2n) is 4.99. The lowest BCUT2D eigenvalue weighted by Crippen LogP contribution is -2.45. The first-order valence-electron chi connectivity index (χ1n) is 6.32. The number of carbonyl (C=O) groups excluding carboxylic acids is 1. The van der Waals surface area contributed by atoms with Gasteiger partial charge >= 0.3 is 0 Å². The summed E-state index contributed by atoms with van der Waals surface area (Å²) >= 11 is 3.39. The second kappa shape index (κ2) is 5.67. The average Bonchev–Trinajstić information content (AvgIpc) is 2.39. The normalized spacial score (nSPS) is 13.6. The number of carbonyl (C=O) groups is 1. The van der Waals surface area contributed by atoms with Crippen molar-refractivity contribution in [3.05, 3.63) is 64.1 Å². The number of hydrogen-bond acceptors (Lipinski definition) is 2. The molecular formula is C16H17BrN2O. The van der Waals surface area contributed by atoms with Crippen LogP contribution in [-0.4, -0.2) is 5.91 Å². The Labute approximate surface area is 127 Å². The highest BCUT2D eigenvalue weighted by Gasteiger charge is 2.33. The Morgan fingerprint density at radius 1 is 1.20 bits per heavy atom. The maximum Gasteiger partial charge on any atom is 0.247 e. The fourth-order valence-electron chi connectivity index (χ4n) is 2.07. The molecule has 1 unspecified atom stereocenters. The molecule has 1 atom stereocenters. The van der Waals surface area contributed by atoms with E-state index >= 15 is 0 Å². The van der Waals surface area contributed by atoms with Crippen LogP contribution in [0, 0.1) is 6.92 Å². The Hall–Kier alpha value is -1.81. The predicted octanol–water partition coefficient (Wildman–Crippen LogP) is 3.57. The van der Waals surface area contributed by atoms with Crippen LogP contribution in [0.15, 0.2) is 53.0 Å². The van der Waals surface area contributed by atoms with Gasteiger partial charge in [-0.25, -0.2) is 0 Å².